The normalized spacial score (nSPS) is 11.2. The van der Waals surface area contributed by atoms with E-state index in [-0.39, 0.29) is 5.91 Å². The van der Waals surface area contributed by atoms with Crippen LogP contribution in [-0.4, -0.2) is 30.9 Å². The third-order valence-corrected chi connectivity index (χ3v) is 5.38. The third-order valence-electron chi connectivity index (χ3n) is 5.38. The Labute approximate surface area is 196 Å². The van der Waals surface area contributed by atoms with Gasteiger partial charge in [-0.3, -0.25) is 19.6 Å². The van der Waals surface area contributed by atoms with Crippen LogP contribution in [0.3, 0.4) is 0 Å². The lowest BCUT2D eigenvalue weighted by atomic mass is 10.1. The quantitative estimate of drug-likeness (QED) is 0.332. The predicted octanol–water partition coefficient (Wildman–Crippen LogP) is 5.17. The van der Waals surface area contributed by atoms with Gasteiger partial charge in [-0.1, -0.05) is 12.1 Å². The van der Waals surface area contributed by atoms with Crippen LogP contribution in [0.15, 0.2) is 72.9 Å². The van der Waals surface area contributed by atoms with Crippen LogP contribution in [0.4, 0.5) is 17.1 Å². The van der Waals surface area contributed by atoms with Gasteiger partial charge in [-0.25, -0.2) is 0 Å². The van der Waals surface area contributed by atoms with E-state index in [4.69, 9.17) is 0 Å². The van der Waals surface area contributed by atoms with Gasteiger partial charge in [0.05, 0.1) is 16.9 Å². The van der Waals surface area contributed by atoms with Crippen molar-refractivity contribution in [1.29, 1.82) is 0 Å². The highest BCUT2D eigenvalue weighted by molar-refractivity contribution is 6.03. The Morgan fingerprint density at radius 2 is 1.79 bits per heavy atom. The summed E-state index contributed by atoms with van der Waals surface area (Å²) in [5.41, 5.74) is 6.58. The fourth-order valence-electron chi connectivity index (χ4n) is 3.70. The van der Waals surface area contributed by atoms with Crippen LogP contribution in [-0.2, 0) is 7.05 Å². The number of carbonyl (C=O) groups excluding carboxylic acids is 1. The summed E-state index contributed by atoms with van der Waals surface area (Å²) in [5, 5.41) is 18.9. The molecular formula is C26H23N7O. The van der Waals surface area contributed by atoms with Crippen molar-refractivity contribution in [2.75, 3.05) is 10.6 Å². The summed E-state index contributed by atoms with van der Waals surface area (Å²) in [6.45, 7) is 1.97. The average molecular weight is 450 g/mol. The maximum atomic E-state index is 12.5. The third kappa shape index (κ3) is 4.56. The summed E-state index contributed by atoms with van der Waals surface area (Å²) in [6, 6.07) is 21.2. The van der Waals surface area contributed by atoms with E-state index in [1.165, 1.54) is 4.68 Å². The molecule has 3 N–H and O–H groups in total. The Bertz CT molecular complexity index is 1510. The number of hydrogen-bond acceptors (Lipinski definition) is 5. The molecule has 0 saturated carbocycles. The standard InChI is InChI=1S/C26H23N7O/c1-17-5-3-6-18(28-17)10-12-23-22-11-9-21(16-24(22)32-31-23)29-19-7-4-8-20(15-19)30-26(34)25-13-14-27-33(25)2/h3-16,29H,1-2H3,(H,30,34)(H,31,32). The number of hydrogen-bond donors (Lipinski definition) is 3. The van der Waals surface area contributed by atoms with E-state index in [2.05, 4.69) is 30.9 Å². The first-order chi connectivity index (χ1) is 16.5. The van der Waals surface area contributed by atoms with Gasteiger partial charge < -0.3 is 10.6 Å². The molecule has 0 saturated heterocycles. The fourth-order valence-corrected chi connectivity index (χ4v) is 3.70. The lowest BCUT2D eigenvalue weighted by Gasteiger charge is -2.10. The van der Waals surface area contributed by atoms with Gasteiger partial charge in [0.15, 0.2) is 0 Å². The molecule has 0 bridgehead atoms. The Kier molecular flexibility index (Phi) is 5.61. The number of aryl methyl sites for hydroxylation is 2. The summed E-state index contributed by atoms with van der Waals surface area (Å²) in [5.74, 6) is -0.211. The molecule has 168 valence electrons. The zero-order valence-electron chi connectivity index (χ0n) is 18.8. The van der Waals surface area contributed by atoms with Gasteiger partial charge in [0, 0.05) is 41.4 Å². The van der Waals surface area contributed by atoms with Crippen molar-refractivity contribution in [2.24, 2.45) is 7.05 Å². The first-order valence-corrected chi connectivity index (χ1v) is 10.8. The molecular weight excluding hydrogens is 426 g/mol. The largest absolute Gasteiger partial charge is 0.355 e. The molecule has 3 heterocycles. The molecule has 8 nitrogen and oxygen atoms in total. The summed E-state index contributed by atoms with van der Waals surface area (Å²) < 4.78 is 1.54. The smallest absolute Gasteiger partial charge is 0.273 e. The average Bonchev–Trinajstić information content (AvgIpc) is 3.43. The van der Waals surface area contributed by atoms with Crippen LogP contribution < -0.4 is 10.6 Å². The molecule has 1 amide bonds. The van der Waals surface area contributed by atoms with Crippen LogP contribution in [0, 0.1) is 6.92 Å². The molecule has 5 rings (SSSR count). The van der Waals surface area contributed by atoms with Crippen molar-refractivity contribution < 1.29 is 4.79 Å². The molecule has 0 aliphatic carbocycles. The van der Waals surface area contributed by atoms with Gasteiger partial charge in [-0.15, -0.1) is 0 Å². The highest BCUT2D eigenvalue weighted by Crippen LogP contribution is 2.25. The van der Waals surface area contributed by atoms with Crippen molar-refractivity contribution in [1.82, 2.24) is 25.0 Å². The van der Waals surface area contributed by atoms with E-state index in [9.17, 15) is 4.79 Å². The molecule has 8 heteroatoms. The Morgan fingerprint density at radius 1 is 0.971 bits per heavy atom. The van der Waals surface area contributed by atoms with E-state index in [0.29, 0.717) is 11.4 Å². The number of carbonyl (C=O) groups is 1. The molecule has 5 aromatic rings. The SMILES string of the molecule is Cc1cccc(C=Cc2n[nH]c3cc(Nc4cccc(NC(=O)c5ccnn5C)c4)ccc23)n1. The first-order valence-electron chi connectivity index (χ1n) is 10.8. The number of rotatable bonds is 6. The lowest BCUT2D eigenvalue weighted by Crippen LogP contribution is -2.16. The minimum Gasteiger partial charge on any atom is -0.355 e. The molecule has 0 aliphatic heterocycles. The second kappa shape index (κ2) is 9.03. The number of anilines is 3. The lowest BCUT2D eigenvalue weighted by molar-refractivity contribution is 0.101. The molecule has 0 radical (unpaired) electrons. The summed E-state index contributed by atoms with van der Waals surface area (Å²) >= 11 is 0. The van der Waals surface area contributed by atoms with Gasteiger partial charge in [-0.05, 0) is 73.7 Å². The van der Waals surface area contributed by atoms with Gasteiger partial charge >= 0.3 is 0 Å². The van der Waals surface area contributed by atoms with Crippen molar-refractivity contribution in [3.8, 4) is 0 Å². The number of nitrogens with one attached hydrogen (secondary N) is 3. The second-order valence-electron chi connectivity index (χ2n) is 7.91. The van der Waals surface area contributed by atoms with E-state index >= 15 is 0 Å². The summed E-state index contributed by atoms with van der Waals surface area (Å²) in [4.78, 5) is 17.0. The number of amides is 1. The number of fused-ring (bicyclic) bond motifs is 1. The summed E-state index contributed by atoms with van der Waals surface area (Å²) in [7, 11) is 1.74. The Hall–Kier alpha value is -4.72. The van der Waals surface area contributed by atoms with Crippen molar-refractivity contribution in [3.63, 3.8) is 0 Å². The highest BCUT2D eigenvalue weighted by Gasteiger charge is 2.10. The summed E-state index contributed by atoms with van der Waals surface area (Å²) in [6.07, 6.45) is 5.52. The van der Waals surface area contributed by atoms with E-state index in [1.54, 1.807) is 19.3 Å². The van der Waals surface area contributed by atoms with Crippen molar-refractivity contribution in [3.05, 3.63) is 95.7 Å². The Balaban J connectivity index is 1.31. The molecule has 34 heavy (non-hydrogen) atoms. The van der Waals surface area contributed by atoms with Gasteiger partial charge in [0.2, 0.25) is 0 Å². The van der Waals surface area contributed by atoms with E-state index in [0.717, 1.165) is 39.4 Å². The minimum absolute atomic E-state index is 0.211. The maximum Gasteiger partial charge on any atom is 0.273 e. The number of benzene rings is 2. The van der Waals surface area contributed by atoms with Crippen molar-refractivity contribution >= 4 is 46.0 Å². The topological polar surface area (TPSA) is 101 Å². The number of aromatic amines is 1. The minimum atomic E-state index is -0.211. The number of pyridine rings is 1. The van der Waals surface area contributed by atoms with Gasteiger partial charge in [0.25, 0.3) is 5.91 Å². The monoisotopic (exact) mass is 449 g/mol. The molecule has 0 fully saturated rings. The molecule has 0 atom stereocenters. The number of aromatic nitrogens is 5. The number of nitrogens with zero attached hydrogens (tertiary/aromatic N) is 4. The number of H-pyrrole nitrogens is 1. The second-order valence-corrected chi connectivity index (χ2v) is 7.91. The molecule has 0 unspecified atom stereocenters. The fraction of sp³-hybridized carbons (Fsp3) is 0.0769. The first kappa shape index (κ1) is 21.1. The van der Waals surface area contributed by atoms with E-state index < -0.39 is 0 Å². The van der Waals surface area contributed by atoms with Crippen molar-refractivity contribution in [2.45, 2.75) is 6.92 Å². The Morgan fingerprint density at radius 3 is 2.62 bits per heavy atom. The van der Waals surface area contributed by atoms with Crippen LogP contribution in [0.25, 0.3) is 23.1 Å². The van der Waals surface area contributed by atoms with E-state index in [1.807, 2.05) is 79.7 Å². The highest BCUT2D eigenvalue weighted by atomic mass is 16.2. The van der Waals surface area contributed by atoms with Crippen LogP contribution in [0.1, 0.15) is 27.6 Å². The van der Waals surface area contributed by atoms with Crippen LogP contribution in [0.2, 0.25) is 0 Å². The maximum absolute atomic E-state index is 12.5. The molecule has 0 aliphatic rings. The predicted molar refractivity (Wildman–Crippen MR) is 135 cm³/mol. The van der Waals surface area contributed by atoms with Gasteiger partial charge in [-0.2, -0.15) is 10.2 Å². The molecule has 3 aromatic heterocycles. The molecule has 2 aromatic carbocycles. The molecule has 0 spiro atoms. The zero-order valence-corrected chi connectivity index (χ0v) is 18.8. The van der Waals surface area contributed by atoms with Crippen LogP contribution in [0.5, 0.6) is 0 Å². The zero-order chi connectivity index (χ0) is 23.5. The van der Waals surface area contributed by atoms with Crippen LogP contribution >= 0.6 is 0 Å². The van der Waals surface area contributed by atoms with Gasteiger partial charge in [0.1, 0.15) is 5.69 Å².